The van der Waals surface area contributed by atoms with Crippen LogP contribution >= 0.6 is 0 Å². The molecule has 86 valence electrons. The summed E-state index contributed by atoms with van der Waals surface area (Å²) >= 11 is 0. The van der Waals surface area contributed by atoms with Crippen molar-refractivity contribution < 1.29 is 9.90 Å². The molecule has 2 aliphatic heterocycles. The zero-order valence-corrected chi connectivity index (χ0v) is 9.19. The van der Waals surface area contributed by atoms with Gasteiger partial charge in [-0.1, -0.05) is 6.42 Å². The number of carbonyl (C=O) groups is 1. The van der Waals surface area contributed by atoms with Gasteiger partial charge < -0.3 is 14.9 Å². The van der Waals surface area contributed by atoms with Crippen molar-refractivity contribution in [3.8, 4) is 0 Å². The average Bonchev–Trinajstić information content (AvgIpc) is 2.67. The van der Waals surface area contributed by atoms with Crippen LogP contribution in [0.25, 0.3) is 0 Å². The Balaban J connectivity index is 1.84. The van der Waals surface area contributed by atoms with Gasteiger partial charge in [0.15, 0.2) is 0 Å². The molecule has 0 aromatic rings. The monoisotopic (exact) mass is 212 g/mol. The van der Waals surface area contributed by atoms with Gasteiger partial charge in [0.05, 0.1) is 0 Å². The quantitative estimate of drug-likeness (QED) is 0.756. The lowest BCUT2D eigenvalue weighted by atomic mass is 10.1. The van der Waals surface area contributed by atoms with Gasteiger partial charge >= 0.3 is 6.09 Å². The molecule has 0 spiro atoms. The first-order valence-corrected chi connectivity index (χ1v) is 5.99. The highest BCUT2D eigenvalue weighted by Gasteiger charge is 2.29. The molecule has 0 saturated carbocycles. The van der Waals surface area contributed by atoms with E-state index in [1.54, 1.807) is 4.90 Å². The highest BCUT2D eigenvalue weighted by molar-refractivity contribution is 5.65. The average molecular weight is 212 g/mol. The van der Waals surface area contributed by atoms with Crippen molar-refractivity contribution in [2.24, 2.45) is 0 Å². The van der Waals surface area contributed by atoms with Crippen LogP contribution in [0.2, 0.25) is 0 Å². The predicted octanol–water partition coefficient (Wildman–Crippen LogP) is 1.61. The van der Waals surface area contributed by atoms with Crippen LogP contribution in [0.15, 0.2) is 0 Å². The Bertz CT molecular complexity index is 227. The Morgan fingerprint density at radius 2 is 1.87 bits per heavy atom. The lowest BCUT2D eigenvalue weighted by Gasteiger charge is -2.31. The van der Waals surface area contributed by atoms with Crippen molar-refractivity contribution in [1.29, 1.82) is 0 Å². The molecule has 0 radical (unpaired) electrons. The first-order valence-electron chi connectivity index (χ1n) is 5.99. The fourth-order valence-electron chi connectivity index (χ4n) is 2.72. The van der Waals surface area contributed by atoms with Gasteiger partial charge in [0, 0.05) is 19.1 Å². The Labute approximate surface area is 90.9 Å². The molecule has 0 aliphatic carbocycles. The van der Waals surface area contributed by atoms with E-state index in [2.05, 4.69) is 4.90 Å². The number of amides is 1. The van der Waals surface area contributed by atoms with Gasteiger partial charge in [0.2, 0.25) is 0 Å². The molecule has 2 saturated heterocycles. The largest absolute Gasteiger partial charge is 0.465 e. The van der Waals surface area contributed by atoms with E-state index in [1.807, 2.05) is 0 Å². The van der Waals surface area contributed by atoms with Crippen molar-refractivity contribution in [2.75, 3.05) is 26.2 Å². The van der Waals surface area contributed by atoms with Crippen LogP contribution in [0, 0.1) is 0 Å². The molecule has 15 heavy (non-hydrogen) atoms. The number of likely N-dealkylation sites (tertiary alicyclic amines) is 2. The zero-order chi connectivity index (χ0) is 10.7. The van der Waals surface area contributed by atoms with E-state index < -0.39 is 6.09 Å². The summed E-state index contributed by atoms with van der Waals surface area (Å²) in [6.45, 7) is 3.99. The van der Waals surface area contributed by atoms with Gasteiger partial charge in [-0.05, 0) is 38.8 Å². The first kappa shape index (κ1) is 10.7. The number of rotatable bonds is 2. The third kappa shape index (κ3) is 2.62. The second-order valence-electron chi connectivity index (χ2n) is 4.63. The minimum Gasteiger partial charge on any atom is -0.465 e. The number of piperidine rings is 1. The Morgan fingerprint density at radius 1 is 1.13 bits per heavy atom. The van der Waals surface area contributed by atoms with Gasteiger partial charge in [-0.2, -0.15) is 0 Å². The van der Waals surface area contributed by atoms with Crippen LogP contribution in [0.5, 0.6) is 0 Å². The van der Waals surface area contributed by atoms with Crippen molar-refractivity contribution in [3.05, 3.63) is 0 Å². The van der Waals surface area contributed by atoms with Gasteiger partial charge in [-0.25, -0.2) is 4.79 Å². The third-order valence-corrected chi connectivity index (χ3v) is 3.54. The van der Waals surface area contributed by atoms with Crippen LogP contribution in [-0.2, 0) is 0 Å². The highest BCUT2D eigenvalue weighted by atomic mass is 16.4. The standard InChI is InChI=1S/C11H20N2O2/c14-11(15)13-8-4-5-10(13)9-12-6-2-1-3-7-12/h10H,1-9H2,(H,14,15)/t10-/m0/s1. The SMILES string of the molecule is O=C(O)N1CCC[C@H]1CN1CCCCC1. The highest BCUT2D eigenvalue weighted by Crippen LogP contribution is 2.20. The second kappa shape index (κ2) is 4.84. The molecule has 1 amide bonds. The lowest BCUT2D eigenvalue weighted by Crippen LogP contribution is -2.44. The van der Waals surface area contributed by atoms with Crippen LogP contribution in [-0.4, -0.2) is 53.2 Å². The molecule has 0 aromatic heterocycles. The van der Waals surface area contributed by atoms with Gasteiger partial charge in [0.25, 0.3) is 0 Å². The van der Waals surface area contributed by atoms with E-state index in [1.165, 1.54) is 19.3 Å². The summed E-state index contributed by atoms with van der Waals surface area (Å²) in [5, 5.41) is 9.02. The molecular formula is C11H20N2O2. The van der Waals surface area contributed by atoms with Gasteiger partial charge in [-0.15, -0.1) is 0 Å². The summed E-state index contributed by atoms with van der Waals surface area (Å²) < 4.78 is 0. The van der Waals surface area contributed by atoms with E-state index in [-0.39, 0.29) is 6.04 Å². The van der Waals surface area contributed by atoms with Crippen LogP contribution in [0.4, 0.5) is 4.79 Å². The van der Waals surface area contributed by atoms with Crippen molar-refractivity contribution >= 4 is 6.09 Å². The number of nitrogens with zero attached hydrogens (tertiary/aromatic N) is 2. The van der Waals surface area contributed by atoms with E-state index >= 15 is 0 Å². The van der Waals surface area contributed by atoms with Crippen molar-refractivity contribution in [1.82, 2.24) is 9.80 Å². The van der Waals surface area contributed by atoms with Crippen LogP contribution in [0.1, 0.15) is 32.1 Å². The molecule has 2 rings (SSSR count). The number of hydrogen-bond acceptors (Lipinski definition) is 2. The van der Waals surface area contributed by atoms with Crippen molar-refractivity contribution in [2.45, 2.75) is 38.1 Å². The first-order chi connectivity index (χ1) is 7.27. The summed E-state index contributed by atoms with van der Waals surface area (Å²) in [5.41, 5.74) is 0. The molecule has 1 atom stereocenters. The Morgan fingerprint density at radius 3 is 2.53 bits per heavy atom. The molecule has 0 aromatic carbocycles. The van der Waals surface area contributed by atoms with Gasteiger partial charge in [-0.3, -0.25) is 0 Å². The summed E-state index contributed by atoms with van der Waals surface area (Å²) in [6, 6.07) is 0.251. The molecule has 0 bridgehead atoms. The smallest absolute Gasteiger partial charge is 0.407 e. The topological polar surface area (TPSA) is 43.8 Å². The molecule has 1 N–H and O–H groups in total. The minimum atomic E-state index is -0.741. The zero-order valence-electron chi connectivity index (χ0n) is 9.19. The summed E-state index contributed by atoms with van der Waals surface area (Å²) in [4.78, 5) is 15.0. The molecule has 4 heteroatoms. The molecular weight excluding hydrogens is 192 g/mol. The van der Waals surface area contributed by atoms with E-state index in [4.69, 9.17) is 5.11 Å². The maximum atomic E-state index is 11.0. The number of carboxylic acid groups (broad SMARTS) is 1. The molecule has 2 fully saturated rings. The molecule has 0 unspecified atom stereocenters. The predicted molar refractivity (Wildman–Crippen MR) is 58.0 cm³/mol. The van der Waals surface area contributed by atoms with Crippen LogP contribution in [0.3, 0.4) is 0 Å². The van der Waals surface area contributed by atoms with Crippen molar-refractivity contribution in [3.63, 3.8) is 0 Å². The minimum absolute atomic E-state index is 0.251. The lowest BCUT2D eigenvalue weighted by molar-refractivity contribution is 0.119. The maximum Gasteiger partial charge on any atom is 0.407 e. The van der Waals surface area contributed by atoms with E-state index in [0.717, 1.165) is 39.0 Å². The summed E-state index contributed by atoms with van der Waals surface area (Å²) in [7, 11) is 0. The fourth-order valence-corrected chi connectivity index (χ4v) is 2.72. The fraction of sp³-hybridized carbons (Fsp3) is 0.909. The Kier molecular flexibility index (Phi) is 3.46. The molecule has 4 nitrogen and oxygen atoms in total. The summed E-state index contributed by atoms with van der Waals surface area (Å²) in [6.07, 6.45) is 5.23. The molecule has 2 heterocycles. The Hall–Kier alpha value is -0.770. The van der Waals surface area contributed by atoms with E-state index in [9.17, 15) is 4.79 Å². The number of hydrogen-bond donors (Lipinski definition) is 1. The van der Waals surface area contributed by atoms with Gasteiger partial charge in [0.1, 0.15) is 0 Å². The third-order valence-electron chi connectivity index (χ3n) is 3.54. The molecule has 2 aliphatic rings. The normalized spacial score (nSPS) is 28.3. The van der Waals surface area contributed by atoms with Crippen LogP contribution < -0.4 is 0 Å². The second-order valence-corrected chi connectivity index (χ2v) is 4.63. The van der Waals surface area contributed by atoms with E-state index in [0.29, 0.717) is 0 Å². The maximum absolute atomic E-state index is 11.0. The summed E-state index contributed by atoms with van der Waals surface area (Å²) in [5.74, 6) is 0.